The molecule has 1 aromatic heterocycles. The summed E-state index contributed by atoms with van der Waals surface area (Å²) in [7, 11) is -2.22. The van der Waals surface area contributed by atoms with E-state index in [4.69, 9.17) is 4.42 Å². The first kappa shape index (κ1) is 17.1. The summed E-state index contributed by atoms with van der Waals surface area (Å²) in [5.41, 5.74) is 2.48. The fourth-order valence-electron chi connectivity index (χ4n) is 2.58. The molecule has 3 heteroatoms. The van der Waals surface area contributed by atoms with Gasteiger partial charge in [-0.1, -0.05) is 52.8 Å². The van der Waals surface area contributed by atoms with E-state index in [2.05, 4.69) is 39.0 Å². The molecule has 0 aliphatic heterocycles. The van der Waals surface area contributed by atoms with Crippen LogP contribution >= 0.6 is 7.14 Å². The Hall–Kier alpha value is -1.27. The molecule has 0 saturated carbocycles. The smallest absolute Gasteiger partial charge is 0.115 e. The molecule has 0 radical (unpaired) electrons. The van der Waals surface area contributed by atoms with Gasteiger partial charge in [-0.3, -0.25) is 0 Å². The fraction of sp³-hybridized carbons (Fsp3) is 0.474. The maximum Gasteiger partial charge on any atom is 0.115 e. The Morgan fingerprint density at radius 3 is 2.32 bits per heavy atom. The Morgan fingerprint density at radius 1 is 1.09 bits per heavy atom. The summed E-state index contributed by atoms with van der Waals surface area (Å²) >= 11 is 0. The van der Waals surface area contributed by atoms with E-state index in [0.717, 1.165) is 35.4 Å². The third-order valence-electron chi connectivity index (χ3n) is 4.30. The van der Waals surface area contributed by atoms with Crippen molar-refractivity contribution in [1.29, 1.82) is 0 Å². The summed E-state index contributed by atoms with van der Waals surface area (Å²) in [6.45, 7) is 10.6. The number of benzene rings is 1. The second-order valence-electron chi connectivity index (χ2n) is 6.92. The van der Waals surface area contributed by atoms with Gasteiger partial charge >= 0.3 is 0 Å². The van der Waals surface area contributed by atoms with Gasteiger partial charge in [0, 0.05) is 24.0 Å². The van der Waals surface area contributed by atoms with Gasteiger partial charge in [-0.05, 0) is 28.7 Å². The first-order chi connectivity index (χ1) is 10.3. The van der Waals surface area contributed by atoms with E-state index in [1.54, 1.807) is 0 Å². The third-order valence-corrected chi connectivity index (χ3v) is 7.56. The maximum absolute atomic E-state index is 12.9. The van der Waals surface area contributed by atoms with Crippen LogP contribution in [0.5, 0.6) is 0 Å². The minimum absolute atomic E-state index is 0.101. The lowest BCUT2D eigenvalue weighted by molar-refractivity contribution is 0.507. The normalized spacial score (nSPS) is 12.6. The van der Waals surface area contributed by atoms with Crippen molar-refractivity contribution in [3.05, 3.63) is 53.5 Å². The van der Waals surface area contributed by atoms with Crippen molar-refractivity contribution in [2.75, 3.05) is 12.3 Å². The molecule has 0 aliphatic carbocycles. The van der Waals surface area contributed by atoms with Crippen molar-refractivity contribution in [2.24, 2.45) is 0 Å². The van der Waals surface area contributed by atoms with Gasteiger partial charge in [-0.15, -0.1) is 0 Å². The predicted octanol–water partition coefficient (Wildman–Crippen LogP) is 5.20. The highest BCUT2D eigenvalue weighted by atomic mass is 31.2. The van der Waals surface area contributed by atoms with Gasteiger partial charge in [-0.2, -0.15) is 0 Å². The molecule has 0 bridgehead atoms. The first-order valence-electron chi connectivity index (χ1n) is 8.04. The van der Waals surface area contributed by atoms with E-state index >= 15 is 0 Å². The molecule has 0 saturated heterocycles. The Bertz CT molecular complexity index is 669. The minimum Gasteiger partial charge on any atom is -0.469 e. The quantitative estimate of drug-likeness (QED) is 0.710. The highest BCUT2D eigenvalue weighted by molar-refractivity contribution is 7.71. The van der Waals surface area contributed by atoms with Crippen molar-refractivity contribution in [3.8, 4) is 0 Å². The van der Waals surface area contributed by atoms with Gasteiger partial charge in [0.2, 0.25) is 0 Å². The van der Waals surface area contributed by atoms with Crippen LogP contribution in [-0.4, -0.2) is 12.3 Å². The molecule has 0 aliphatic rings. The summed E-state index contributed by atoms with van der Waals surface area (Å²) in [6.07, 6.45) is 4.04. The standard InChI is InChI=1S/C19H27O2P/c1-6-22(20,7-2)18-10-8-9-15(12-18)11-17-13-16(14-21-17)19(3,4)5/h8-10,12-14H,6-7,11H2,1-5H3. The molecular weight excluding hydrogens is 291 g/mol. The molecule has 0 spiro atoms. The minimum atomic E-state index is -2.22. The second-order valence-corrected chi connectivity index (χ2v) is 10.5. The lowest BCUT2D eigenvalue weighted by atomic mass is 9.89. The third kappa shape index (κ3) is 3.73. The van der Waals surface area contributed by atoms with Crippen LogP contribution in [0, 0.1) is 0 Å². The van der Waals surface area contributed by atoms with Crippen molar-refractivity contribution >= 4 is 12.4 Å². The van der Waals surface area contributed by atoms with E-state index in [9.17, 15) is 4.57 Å². The van der Waals surface area contributed by atoms with E-state index in [0.29, 0.717) is 0 Å². The summed E-state index contributed by atoms with van der Waals surface area (Å²) in [5.74, 6) is 0.963. The summed E-state index contributed by atoms with van der Waals surface area (Å²) in [5, 5.41) is 0.998. The van der Waals surface area contributed by atoms with Crippen molar-refractivity contribution in [1.82, 2.24) is 0 Å². The van der Waals surface area contributed by atoms with Crippen LogP contribution in [-0.2, 0) is 16.4 Å². The molecule has 0 fully saturated rings. The SMILES string of the molecule is CCP(=O)(CC)c1cccc(Cc2cc(C(C)(C)C)co2)c1. The number of hydrogen-bond donors (Lipinski definition) is 0. The Balaban J connectivity index is 2.24. The van der Waals surface area contributed by atoms with Gasteiger partial charge < -0.3 is 8.98 Å². The molecule has 1 aromatic carbocycles. The lowest BCUT2D eigenvalue weighted by Gasteiger charge is -2.15. The molecule has 0 atom stereocenters. The monoisotopic (exact) mass is 318 g/mol. The molecule has 0 unspecified atom stereocenters. The summed E-state index contributed by atoms with van der Waals surface area (Å²) < 4.78 is 18.6. The van der Waals surface area contributed by atoms with Crippen LogP contribution < -0.4 is 5.30 Å². The largest absolute Gasteiger partial charge is 0.469 e. The van der Waals surface area contributed by atoms with Gasteiger partial charge in [0.15, 0.2) is 0 Å². The second kappa shape index (κ2) is 6.46. The zero-order valence-corrected chi connectivity index (χ0v) is 15.2. The Labute approximate surface area is 134 Å². The predicted molar refractivity (Wildman–Crippen MR) is 95.0 cm³/mol. The first-order valence-corrected chi connectivity index (χ1v) is 10.1. The maximum atomic E-state index is 12.9. The van der Waals surface area contributed by atoms with E-state index in [-0.39, 0.29) is 5.41 Å². The van der Waals surface area contributed by atoms with Crippen molar-refractivity contribution < 1.29 is 8.98 Å². The zero-order chi connectivity index (χ0) is 16.4. The van der Waals surface area contributed by atoms with Gasteiger partial charge in [0.1, 0.15) is 12.9 Å². The number of furan rings is 1. The van der Waals surface area contributed by atoms with Gasteiger partial charge in [-0.25, -0.2) is 0 Å². The zero-order valence-electron chi connectivity index (χ0n) is 14.3. The van der Waals surface area contributed by atoms with Crippen LogP contribution in [0.25, 0.3) is 0 Å². The summed E-state index contributed by atoms with van der Waals surface area (Å²) in [4.78, 5) is 0. The van der Waals surface area contributed by atoms with E-state index in [1.165, 1.54) is 5.56 Å². The lowest BCUT2D eigenvalue weighted by Crippen LogP contribution is -2.10. The molecule has 0 amide bonds. The average molecular weight is 318 g/mol. The molecule has 1 heterocycles. The molecule has 2 nitrogen and oxygen atoms in total. The number of hydrogen-bond acceptors (Lipinski definition) is 2. The van der Waals surface area contributed by atoms with Crippen molar-refractivity contribution in [3.63, 3.8) is 0 Å². The average Bonchev–Trinajstić information content (AvgIpc) is 2.95. The topological polar surface area (TPSA) is 30.2 Å². The molecule has 0 N–H and O–H groups in total. The van der Waals surface area contributed by atoms with Crippen LogP contribution in [0.3, 0.4) is 0 Å². The van der Waals surface area contributed by atoms with Crippen LogP contribution in [0.2, 0.25) is 0 Å². The molecule has 120 valence electrons. The number of rotatable bonds is 5. The van der Waals surface area contributed by atoms with Gasteiger partial charge in [0.05, 0.1) is 6.26 Å². The van der Waals surface area contributed by atoms with Gasteiger partial charge in [0.25, 0.3) is 0 Å². The van der Waals surface area contributed by atoms with Crippen LogP contribution in [0.1, 0.15) is 51.5 Å². The highest BCUT2D eigenvalue weighted by Crippen LogP contribution is 2.43. The van der Waals surface area contributed by atoms with Crippen LogP contribution in [0.4, 0.5) is 0 Å². The van der Waals surface area contributed by atoms with Crippen molar-refractivity contribution in [2.45, 2.75) is 46.5 Å². The Morgan fingerprint density at radius 2 is 1.77 bits per heavy atom. The van der Waals surface area contributed by atoms with E-state index in [1.807, 2.05) is 32.2 Å². The molecule has 2 aromatic rings. The highest BCUT2D eigenvalue weighted by Gasteiger charge is 2.20. The fourth-order valence-corrected chi connectivity index (χ4v) is 4.51. The van der Waals surface area contributed by atoms with Crippen LogP contribution in [0.15, 0.2) is 41.0 Å². The Kier molecular flexibility index (Phi) is 5.02. The molecule has 2 rings (SSSR count). The molecular formula is C19H27O2P. The summed E-state index contributed by atoms with van der Waals surface area (Å²) in [6, 6.07) is 10.3. The van der Waals surface area contributed by atoms with E-state index < -0.39 is 7.14 Å². The molecule has 22 heavy (non-hydrogen) atoms.